The van der Waals surface area contributed by atoms with Gasteiger partial charge in [-0.3, -0.25) is 9.78 Å². The number of nitrogens with zero attached hydrogens (tertiary/aromatic N) is 3. The van der Waals surface area contributed by atoms with Crippen LogP contribution in [0.25, 0.3) is 0 Å². The van der Waals surface area contributed by atoms with Gasteiger partial charge in [0, 0.05) is 24.5 Å². The Kier molecular flexibility index (Phi) is 3.37. The largest absolute Gasteiger partial charge is 0.325 e. The second-order valence-corrected chi connectivity index (χ2v) is 3.30. The van der Waals surface area contributed by atoms with E-state index in [4.69, 9.17) is 5.73 Å². The first-order chi connectivity index (χ1) is 8.29. The van der Waals surface area contributed by atoms with Crippen molar-refractivity contribution in [2.75, 3.05) is 5.32 Å². The lowest BCUT2D eigenvalue weighted by Gasteiger charge is -2.04. The normalized spacial score (nSPS) is 9.94. The maximum absolute atomic E-state index is 11.8. The Morgan fingerprint density at radius 2 is 2.24 bits per heavy atom. The van der Waals surface area contributed by atoms with E-state index in [-0.39, 0.29) is 5.91 Å². The third-order valence-corrected chi connectivity index (χ3v) is 2.10. The van der Waals surface area contributed by atoms with Crippen LogP contribution in [0.3, 0.4) is 0 Å². The van der Waals surface area contributed by atoms with Crippen molar-refractivity contribution in [1.82, 2.24) is 15.2 Å². The third-order valence-electron chi connectivity index (χ3n) is 2.10. The van der Waals surface area contributed by atoms with Crippen LogP contribution in [0.2, 0.25) is 0 Å². The molecule has 0 saturated carbocycles. The van der Waals surface area contributed by atoms with Gasteiger partial charge in [0.1, 0.15) is 0 Å². The van der Waals surface area contributed by atoms with Gasteiger partial charge in [-0.2, -0.15) is 5.10 Å². The number of anilines is 1. The molecule has 0 spiro atoms. The zero-order valence-electron chi connectivity index (χ0n) is 9.00. The molecule has 0 bridgehead atoms. The molecule has 2 aromatic heterocycles. The van der Waals surface area contributed by atoms with Crippen LogP contribution in [0.1, 0.15) is 16.1 Å². The van der Waals surface area contributed by atoms with E-state index in [2.05, 4.69) is 20.5 Å². The van der Waals surface area contributed by atoms with Crippen LogP contribution in [0.5, 0.6) is 0 Å². The molecule has 1 amide bonds. The van der Waals surface area contributed by atoms with Crippen molar-refractivity contribution in [3.63, 3.8) is 0 Å². The Hall–Kier alpha value is -2.34. The summed E-state index contributed by atoms with van der Waals surface area (Å²) in [5.74, 6) is 0.145. The molecule has 3 N–H and O–H groups in total. The fourth-order valence-electron chi connectivity index (χ4n) is 1.29. The number of nitrogens with one attached hydrogen (secondary N) is 1. The van der Waals surface area contributed by atoms with E-state index in [1.165, 1.54) is 6.20 Å². The summed E-state index contributed by atoms with van der Waals surface area (Å²) in [5.41, 5.74) is 6.61. The number of aromatic nitrogens is 3. The van der Waals surface area contributed by atoms with Crippen molar-refractivity contribution in [2.45, 2.75) is 6.54 Å². The number of amides is 1. The highest BCUT2D eigenvalue weighted by atomic mass is 16.1. The predicted molar refractivity (Wildman–Crippen MR) is 62.1 cm³/mol. The number of pyridine rings is 1. The molecule has 2 aromatic rings. The summed E-state index contributed by atoms with van der Waals surface area (Å²) in [6.07, 6.45) is 3.09. The predicted octanol–water partition coefficient (Wildman–Crippen LogP) is 0.583. The van der Waals surface area contributed by atoms with Crippen LogP contribution in [-0.4, -0.2) is 21.1 Å². The van der Waals surface area contributed by atoms with E-state index in [1.54, 1.807) is 30.5 Å². The molecule has 0 fully saturated rings. The molecule has 0 aromatic carbocycles. The zero-order chi connectivity index (χ0) is 12.1. The third kappa shape index (κ3) is 2.82. The molecule has 0 unspecified atom stereocenters. The quantitative estimate of drug-likeness (QED) is 0.803. The standard InChI is InChI=1S/C11H11N5O/c12-7-9-6-8(3-5-13-9)11(17)15-10-2-1-4-14-16-10/h1-6H,7,12H2,(H,15,16,17). The lowest BCUT2D eigenvalue weighted by atomic mass is 10.2. The highest BCUT2D eigenvalue weighted by molar-refractivity contribution is 6.03. The van der Waals surface area contributed by atoms with Crippen LogP contribution in [0, 0.1) is 0 Å². The molecule has 6 nitrogen and oxygen atoms in total. The van der Waals surface area contributed by atoms with Gasteiger partial charge < -0.3 is 11.1 Å². The molecule has 0 aliphatic rings. The number of hydrogen-bond donors (Lipinski definition) is 2. The van der Waals surface area contributed by atoms with Gasteiger partial charge >= 0.3 is 0 Å². The maximum atomic E-state index is 11.8. The monoisotopic (exact) mass is 229 g/mol. The SMILES string of the molecule is NCc1cc(C(=O)Nc2cccnn2)ccn1. The van der Waals surface area contributed by atoms with Gasteiger partial charge in [0.15, 0.2) is 5.82 Å². The molecule has 0 radical (unpaired) electrons. The van der Waals surface area contributed by atoms with Crippen molar-refractivity contribution < 1.29 is 4.79 Å². The van der Waals surface area contributed by atoms with E-state index in [0.29, 0.717) is 23.6 Å². The highest BCUT2D eigenvalue weighted by Crippen LogP contribution is 2.05. The van der Waals surface area contributed by atoms with Gasteiger partial charge in [-0.15, -0.1) is 5.10 Å². The van der Waals surface area contributed by atoms with Crippen LogP contribution < -0.4 is 11.1 Å². The van der Waals surface area contributed by atoms with Gasteiger partial charge in [0.25, 0.3) is 5.91 Å². The Balaban J connectivity index is 2.14. The minimum atomic E-state index is -0.261. The zero-order valence-corrected chi connectivity index (χ0v) is 9.00. The summed E-state index contributed by atoms with van der Waals surface area (Å²) in [6.45, 7) is 0.298. The average Bonchev–Trinajstić information content (AvgIpc) is 2.40. The van der Waals surface area contributed by atoms with Crippen molar-refractivity contribution in [3.05, 3.63) is 47.9 Å². The molecule has 0 aliphatic carbocycles. The first-order valence-corrected chi connectivity index (χ1v) is 5.03. The average molecular weight is 229 g/mol. The van der Waals surface area contributed by atoms with Crippen LogP contribution in [-0.2, 0) is 6.54 Å². The van der Waals surface area contributed by atoms with Crippen molar-refractivity contribution in [1.29, 1.82) is 0 Å². The van der Waals surface area contributed by atoms with Crippen molar-refractivity contribution in [3.8, 4) is 0 Å². The van der Waals surface area contributed by atoms with E-state index in [9.17, 15) is 4.79 Å². The summed E-state index contributed by atoms with van der Waals surface area (Å²) in [6, 6.07) is 6.62. The lowest BCUT2D eigenvalue weighted by Crippen LogP contribution is -2.14. The minimum Gasteiger partial charge on any atom is -0.325 e. The first kappa shape index (κ1) is 11.2. The van der Waals surface area contributed by atoms with Crippen LogP contribution in [0.4, 0.5) is 5.82 Å². The topological polar surface area (TPSA) is 93.8 Å². The summed E-state index contributed by atoms with van der Waals surface area (Å²) in [7, 11) is 0. The molecule has 6 heteroatoms. The lowest BCUT2D eigenvalue weighted by molar-refractivity contribution is 0.102. The van der Waals surface area contributed by atoms with Gasteiger partial charge in [-0.25, -0.2) is 0 Å². The fourth-order valence-corrected chi connectivity index (χ4v) is 1.29. The number of nitrogens with two attached hydrogens (primary N) is 1. The number of carbonyl (C=O) groups excluding carboxylic acids is 1. The molecule has 17 heavy (non-hydrogen) atoms. The highest BCUT2D eigenvalue weighted by Gasteiger charge is 2.07. The molecule has 0 saturated heterocycles. The summed E-state index contributed by atoms with van der Waals surface area (Å²) < 4.78 is 0. The van der Waals surface area contributed by atoms with Crippen molar-refractivity contribution >= 4 is 11.7 Å². The molecule has 2 rings (SSSR count). The summed E-state index contributed by atoms with van der Waals surface area (Å²) >= 11 is 0. The minimum absolute atomic E-state index is 0.261. The second kappa shape index (κ2) is 5.13. The number of carbonyl (C=O) groups is 1. The van der Waals surface area contributed by atoms with Gasteiger partial charge in [-0.1, -0.05) is 0 Å². The molecule has 2 heterocycles. The van der Waals surface area contributed by atoms with Gasteiger partial charge in [0.2, 0.25) is 0 Å². The fraction of sp³-hybridized carbons (Fsp3) is 0.0909. The Morgan fingerprint density at radius 3 is 2.94 bits per heavy atom. The van der Waals surface area contributed by atoms with Gasteiger partial charge in [0.05, 0.1) is 5.69 Å². The molecular weight excluding hydrogens is 218 g/mol. The van der Waals surface area contributed by atoms with E-state index in [0.717, 1.165) is 0 Å². The van der Waals surface area contributed by atoms with Crippen LogP contribution in [0.15, 0.2) is 36.7 Å². The van der Waals surface area contributed by atoms with Crippen molar-refractivity contribution in [2.24, 2.45) is 5.73 Å². The Bertz CT molecular complexity index is 514. The van der Waals surface area contributed by atoms with E-state index < -0.39 is 0 Å². The first-order valence-electron chi connectivity index (χ1n) is 5.03. The van der Waals surface area contributed by atoms with E-state index in [1.807, 2.05) is 0 Å². The summed E-state index contributed by atoms with van der Waals surface area (Å²) in [4.78, 5) is 15.8. The molecule has 86 valence electrons. The molecule has 0 aliphatic heterocycles. The van der Waals surface area contributed by atoms with E-state index >= 15 is 0 Å². The molecular formula is C11H11N5O. The Morgan fingerprint density at radius 1 is 1.35 bits per heavy atom. The molecule has 0 atom stereocenters. The number of hydrogen-bond acceptors (Lipinski definition) is 5. The second-order valence-electron chi connectivity index (χ2n) is 3.30. The smallest absolute Gasteiger partial charge is 0.256 e. The Labute approximate surface area is 97.9 Å². The summed E-state index contributed by atoms with van der Waals surface area (Å²) in [5, 5.41) is 10.1. The maximum Gasteiger partial charge on any atom is 0.256 e. The number of rotatable bonds is 3. The van der Waals surface area contributed by atoms with Crippen LogP contribution >= 0.6 is 0 Å². The van der Waals surface area contributed by atoms with Gasteiger partial charge in [-0.05, 0) is 24.3 Å².